The van der Waals surface area contributed by atoms with Crippen molar-refractivity contribution < 1.29 is 35.5 Å². The minimum Gasteiger partial charge on any atom is -0.399 e. The Morgan fingerprint density at radius 1 is 0.967 bits per heavy atom. The Labute approximate surface area is 168 Å². The van der Waals surface area contributed by atoms with E-state index >= 15 is 0 Å². The van der Waals surface area contributed by atoms with Gasteiger partial charge in [-0.25, -0.2) is 17.6 Å². The predicted molar refractivity (Wildman–Crippen MR) is 95.8 cm³/mol. The number of benzene rings is 2. The third-order valence-electron chi connectivity index (χ3n) is 4.54. The molecule has 0 unspecified atom stereocenters. The van der Waals surface area contributed by atoms with Crippen molar-refractivity contribution in [2.45, 2.75) is 39.0 Å². The van der Waals surface area contributed by atoms with Crippen LogP contribution in [0.4, 0.5) is 30.7 Å². The molecule has 0 aromatic heterocycles. The van der Waals surface area contributed by atoms with E-state index < -0.39 is 46.5 Å². The summed E-state index contributed by atoms with van der Waals surface area (Å²) in [5.74, 6) is -2.32. The van der Waals surface area contributed by atoms with Crippen molar-refractivity contribution in [3.05, 3.63) is 75.4 Å². The standard InChI is InChI=1S/C22H15F7O/c1-2-3-12-4-6-15-14(8-12)11-17(23)16(20(15)26)7-5-13-9-18(24)21(19(25)10-13)30-22(27,28)29/h4,9-11H,2-3,6,8H2,1H3. The summed E-state index contributed by atoms with van der Waals surface area (Å²) < 4.78 is 96.6. The lowest BCUT2D eigenvalue weighted by Gasteiger charge is -2.18. The molecular formula is C22H15F7O. The minimum absolute atomic E-state index is 0.276. The van der Waals surface area contributed by atoms with Gasteiger partial charge in [-0.1, -0.05) is 36.8 Å². The lowest BCUT2D eigenvalue weighted by atomic mass is 9.88. The summed E-state index contributed by atoms with van der Waals surface area (Å²) in [4.78, 5) is 0. The topological polar surface area (TPSA) is 9.23 Å². The zero-order chi connectivity index (χ0) is 22.1. The zero-order valence-electron chi connectivity index (χ0n) is 15.7. The molecule has 2 aromatic rings. The Bertz CT molecular complexity index is 1050. The molecule has 0 amide bonds. The Morgan fingerprint density at radius 2 is 1.63 bits per heavy atom. The quantitative estimate of drug-likeness (QED) is 0.314. The molecule has 0 saturated carbocycles. The highest BCUT2D eigenvalue weighted by Crippen LogP contribution is 2.30. The van der Waals surface area contributed by atoms with E-state index in [1.54, 1.807) is 0 Å². The van der Waals surface area contributed by atoms with Crippen LogP contribution in [0.2, 0.25) is 0 Å². The summed E-state index contributed by atoms with van der Waals surface area (Å²) in [5.41, 5.74) is 0.938. The molecule has 0 N–H and O–H groups in total. The summed E-state index contributed by atoms with van der Waals surface area (Å²) in [7, 11) is 0. The number of halogens is 7. The Morgan fingerprint density at radius 3 is 2.23 bits per heavy atom. The average Bonchev–Trinajstić information content (AvgIpc) is 2.64. The molecule has 158 valence electrons. The highest BCUT2D eigenvalue weighted by molar-refractivity contribution is 5.50. The van der Waals surface area contributed by atoms with Gasteiger partial charge in [0.15, 0.2) is 11.6 Å². The van der Waals surface area contributed by atoms with Crippen molar-refractivity contribution in [3.63, 3.8) is 0 Å². The highest BCUT2D eigenvalue weighted by Gasteiger charge is 2.34. The first-order chi connectivity index (χ1) is 14.1. The monoisotopic (exact) mass is 428 g/mol. The molecule has 2 aromatic carbocycles. The largest absolute Gasteiger partial charge is 0.573 e. The van der Waals surface area contributed by atoms with Gasteiger partial charge in [-0.2, -0.15) is 0 Å². The predicted octanol–water partition coefficient (Wildman–Crippen LogP) is 6.37. The number of hydrogen-bond donors (Lipinski definition) is 0. The Balaban J connectivity index is 1.93. The van der Waals surface area contributed by atoms with Crippen LogP contribution in [0.5, 0.6) is 5.75 Å². The number of allylic oxidation sites excluding steroid dienone is 2. The minimum atomic E-state index is -5.28. The molecule has 0 spiro atoms. The fourth-order valence-corrected chi connectivity index (χ4v) is 3.26. The maximum absolute atomic E-state index is 14.8. The normalized spacial score (nSPS) is 13.3. The van der Waals surface area contributed by atoms with Crippen molar-refractivity contribution in [3.8, 4) is 17.6 Å². The summed E-state index contributed by atoms with van der Waals surface area (Å²) in [6.07, 6.45) is -0.950. The molecule has 0 atom stereocenters. The molecule has 0 fully saturated rings. The summed E-state index contributed by atoms with van der Waals surface area (Å²) in [5, 5.41) is 0. The van der Waals surface area contributed by atoms with Crippen LogP contribution in [-0.2, 0) is 12.8 Å². The summed E-state index contributed by atoms with van der Waals surface area (Å²) in [6.45, 7) is 2.00. The van der Waals surface area contributed by atoms with E-state index in [4.69, 9.17) is 0 Å². The van der Waals surface area contributed by atoms with Gasteiger partial charge in [0.1, 0.15) is 11.6 Å². The molecule has 0 heterocycles. The van der Waals surface area contributed by atoms with E-state index in [1.807, 2.05) is 13.0 Å². The average molecular weight is 428 g/mol. The van der Waals surface area contributed by atoms with Gasteiger partial charge in [-0.05, 0) is 48.6 Å². The van der Waals surface area contributed by atoms with E-state index in [1.165, 1.54) is 6.07 Å². The fraction of sp³-hybridized carbons (Fsp3) is 0.273. The second-order valence-corrected chi connectivity index (χ2v) is 6.75. The third kappa shape index (κ3) is 4.78. The lowest BCUT2D eigenvalue weighted by Crippen LogP contribution is -2.19. The van der Waals surface area contributed by atoms with Crippen molar-refractivity contribution in [2.75, 3.05) is 0 Å². The van der Waals surface area contributed by atoms with Crippen LogP contribution in [0.3, 0.4) is 0 Å². The number of alkyl halides is 3. The number of hydrogen-bond acceptors (Lipinski definition) is 1. The van der Waals surface area contributed by atoms with Crippen LogP contribution < -0.4 is 4.74 Å². The molecule has 0 saturated heterocycles. The molecule has 1 nitrogen and oxygen atoms in total. The van der Waals surface area contributed by atoms with Crippen molar-refractivity contribution >= 4 is 0 Å². The van der Waals surface area contributed by atoms with E-state index in [0.29, 0.717) is 29.7 Å². The second-order valence-electron chi connectivity index (χ2n) is 6.75. The van der Waals surface area contributed by atoms with Gasteiger partial charge < -0.3 is 4.74 Å². The van der Waals surface area contributed by atoms with Crippen molar-refractivity contribution in [1.82, 2.24) is 0 Å². The first-order valence-corrected chi connectivity index (χ1v) is 9.03. The van der Waals surface area contributed by atoms with Crippen LogP contribution in [0, 0.1) is 35.1 Å². The molecule has 0 radical (unpaired) electrons. The summed E-state index contributed by atoms with van der Waals surface area (Å²) >= 11 is 0. The first-order valence-electron chi connectivity index (χ1n) is 9.03. The van der Waals surface area contributed by atoms with Gasteiger partial charge in [0.2, 0.25) is 5.75 Å². The maximum Gasteiger partial charge on any atom is 0.573 e. The summed E-state index contributed by atoms with van der Waals surface area (Å²) in [6, 6.07) is 2.17. The van der Waals surface area contributed by atoms with Crippen LogP contribution in [0.15, 0.2) is 29.8 Å². The third-order valence-corrected chi connectivity index (χ3v) is 4.54. The molecule has 0 bridgehead atoms. The van der Waals surface area contributed by atoms with Gasteiger partial charge in [0.05, 0.1) is 5.56 Å². The smallest absolute Gasteiger partial charge is 0.399 e. The van der Waals surface area contributed by atoms with E-state index in [-0.39, 0.29) is 6.42 Å². The molecule has 3 rings (SSSR count). The molecule has 8 heteroatoms. The van der Waals surface area contributed by atoms with Gasteiger partial charge >= 0.3 is 6.36 Å². The zero-order valence-corrected chi connectivity index (χ0v) is 15.7. The van der Waals surface area contributed by atoms with Gasteiger partial charge in [0.25, 0.3) is 0 Å². The van der Waals surface area contributed by atoms with Gasteiger partial charge in [0, 0.05) is 5.56 Å². The van der Waals surface area contributed by atoms with Crippen LogP contribution in [0.25, 0.3) is 0 Å². The second kappa shape index (κ2) is 8.42. The molecule has 1 aliphatic carbocycles. The lowest BCUT2D eigenvalue weighted by molar-refractivity contribution is -0.276. The number of rotatable bonds is 3. The number of ether oxygens (including phenoxy) is 1. The van der Waals surface area contributed by atoms with E-state index in [2.05, 4.69) is 16.6 Å². The SMILES string of the molecule is CCCC1=CCc2c(cc(F)c(C#Cc3cc(F)c(OC(F)(F)F)c(F)c3)c2F)C1. The molecular weight excluding hydrogens is 413 g/mol. The molecule has 0 aliphatic heterocycles. The maximum atomic E-state index is 14.8. The Kier molecular flexibility index (Phi) is 6.11. The van der Waals surface area contributed by atoms with Gasteiger partial charge in [-0.3, -0.25) is 0 Å². The molecule has 30 heavy (non-hydrogen) atoms. The molecule has 1 aliphatic rings. The van der Waals surface area contributed by atoms with E-state index in [9.17, 15) is 30.7 Å². The fourth-order valence-electron chi connectivity index (χ4n) is 3.26. The van der Waals surface area contributed by atoms with E-state index in [0.717, 1.165) is 18.4 Å². The van der Waals surface area contributed by atoms with Crippen LogP contribution in [0.1, 0.15) is 42.0 Å². The van der Waals surface area contributed by atoms with Crippen LogP contribution >= 0.6 is 0 Å². The van der Waals surface area contributed by atoms with Crippen LogP contribution in [-0.4, -0.2) is 6.36 Å². The first kappa shape index (κ1) is 21.8. The van der Waals surface area contributed by atoms with Crippen molar-refractivity contribution in [2.24, 2.45) is 0 Å². The number of fused-ring (bicyclic) bond motifs is 1. The highest BCUT2D eigenvalue weighted by atomic mass is 19.4. The Hall–Kier alpha value is -2.95. The van der Waals surface area contributed by atoms with Crippen molar-refractivity contribution in [1.29, 1.82) is 0 Å². The van der Waals surface area contributed by atoms with Gasteiger partial charge in [-0.15, -0.1) is 13.2 Å².